The molecule has 0 unspecified atom stereocenters. The van der Waals surface area contributed by atoms with Crippen LogP contribution in [0.15, 0.2) is 37.8 Å². The molecule has 2 rings (SSSR count). The molecular weight excluding hydrogens is 393 g/mol. The summed E-state index contributed by atoms with van der Waals surface area (Å²) in [6, 6.07) is 7.33. The lowest BCUT2D eigenvalue weighted by Gasteiger charge is -2.07. The minimum absolute atomic E-state index is 0.513. The molecule has 1 N–H and O–H groups in total. The topological polar surface area (TPSA) is 25.2 Å². The molecule has 17 heavy (non-hydrogen) atoms. The van der Waals surface area contributed by atoms with Crippen LogP contribution in [0.2, 0.25) is 10.0 Å². The molecule has 0 aliphatic carbocycles. The quantitative estimate of drug-likeness (QED) is 0.713. The summed E-state index contributed by atoms with van der Waals surface area (Å²) in [5.41, 5.74) is 0.780. The summed E-state index contributed by atoms with van der Waals surface area (Å²) >= 11 is 18.6. The molecule has 6 heteroatoms. The Bertz CT molecular complexity index is 523. The Hall–Kier alpha value is -0.160. The van der Waals surface area contributed by atoms with E-state index in [9.17, 15) is 0 Å². The highest BCUT2D eigenvalue weighted by atomic mass is 79.9. The fraction of sp³-hybridized carbons (Fsp3) is 0.0909. The van der Waals surface area contributed by atoms with Crippen LogP contribution in [0.5, 0.6) is 0 Å². The van der Waals surface area contributed by atoms with Crippen molar-refractivity contribution in [3.05, 3.63) is 49.2 Å². The van der Waals surface area contributed by atoms with Crippen LogP contribution in [-0.2, 0) is 6.54 Å². The number of rotatable bonds is 3. The van der Waals surface area contributed by atoms with Gasteiger partial charge in [0.1, 0.15) is 5.76 Å². The first-order chi connectivity index (χ1) is 8.08. The molecule has 0 saturated heterocycles. The second-order valence-electron chi connectivity index (χ2n) is 3.29. The van der Waals surface area contributed by atoms with Crippen LogP contribution < -0.4 is 5.32 Å². The smallest absolute Gasteiger partial charge is 0.183 e. The predicted molar refractivity (Wildman–Crippen MR) is 77.9 cm³/mol. The van der Waals surface area contributed by atoms with E-state index in [4.69, 9.17) is 27.6 Å². The van der Waals surface area contributed by atoms with Gasteiger partial charge in [-0.2, -0.15) is 0 Å². The zero-order valence-corrected chi connectivity index (χ0v) is 13.1. The molecule has 1 aromatic carbocycles. The van der Waals surface area contributed by atoms with Crippen LogP contribution in [-0.4, -0.2) is 0 Å². The number of hydrogen-bond donors (Lipinski definition) is 1. The van der Waals surface area contributed by atoms with Gasteiger partial charge in [-0.1, -0.05) is 29.3 Å². The third kappa shape index (κ3) is 3.19. The minimum atomic E-state index is 0.513. The first-order valence-corrected chi connectivity index (χ1v) is 7.03. The maximum atomic E-state index is 6.05. The number of halogens is 4. The number of hydrogen-bond acceptors (Lipinski definition) is 2. The van der Waals surface area contributed by atoms with Gasteiger partial charge in [-0.25, -0.2) is 0 Å². The number of furan rings is 1. The zero-order chi connectivity index (χ0) is 12.4. The fourth-order valence-corrected chi connectivity index (χ4v) is 2.33. The van der Waals surface area contributed by atoms with Crippen LogP contribution in [0.4, 0.5) is 5.69 Å². The molecule has 0 amide bonds. The zero-order valence-electron chi connectivity index (χ0n) is 8.44. The second-order valence-corrected chi connectivity index (χ2v) is 5.65. The van der Waals surface area contributed by atoms with E-state index in [-0.39, 0.29) is 0 Å². The van der Waals surface area contributed by atoms with Gasteiger partial charge in [0.05, 0.1) is 26.8 Å². The van der Waals surface area contributed by atoms with Gasteiger partial charge in [0, 0.05) is 0 Å². The van der Waals surface area contributed by atoms with E-state index in [1.165, 1.54) is 0 Å². The van der Waals surface area contributed by atoms with Gasteiger partial charge < -0.3 is 9.73 Å². The van der Waals surface area contributed by atoms with Crippen LogP contribution in [0, 0.1) is 0 Å². The summed E-state index contributed by atoms with van der Waals surface area (Å²) in [7, 11) is 0. The maximum absolute atomic E-state index is 6.05. The Kier molecular flexibility index (Phi) is 4.42. The summed E-state index contributed by atoms with van der Waals surface area (Å²) in [4.78, 5) is 0. The van der Waals surface area contributed by atoms with E-state index in [1.807, 2.05) is 18.2 Å². The maximum Gasteiger partial charge on any atom is 0.183 e. The number of anilines is 1. The van der Waals surface area contributed by atoms with Crippen molar-refractivity contribution < 1.29 is 4.42 Å². The summed E-state index contributed by atoms with van der Waals surface area (Å²) in [6.45, 7) is 0.532. The highest BCUT2D eigenvalue weighted by Gasteiger charge is 2.08. The van der Waals surface area contributed by atoms with Gasteiger partial charge in [0.25, 0.3) is 0 Å². The van der Waals surface area contributed by atoms with Crippen molar-refractivity contribution in [3.8, 4) is 0 Å². The van der Waals surface area contributed by atoms with E-state index in [0.29, 0.717) is 21.3 Å². The van der Waals surface area contributed by atoms with E-state index < -0.39 is 0 Å². The molecule has 0 atom stereocenters. The Morgan fingerprint density at radius 2 is 2.00 bits per heavy atom. The van der Waals surface area contributed by atoms with E-state index >= 15 is 0 Å². The van der Waals surface area contributed by atoms with E-state index in [1.54, 1.807) is 6.07 Å². The molecule has 0 fully saturated rings. The van der Waals surface area contributed by atoms with E-state index in [0.717, 1.165) is 15.9 Å². The van der Waals surface area contributed by atoms with Crippen LogP contribution >= 0.6 is 55.1 Å². The van der Waals surface area contributed by atoms with Crippen molar-refractivity contribution >= 4 is 60.7 Å². The monoisotopic (exact) mass is 397 g/mol. The van der Waals surface area contributed by atoms with Crippen LogP contribution in [0.3, 0.4) is 0 Å². The summed E-state index contributed by atoms with van der Waals surface area (Å²) in [6.07, 6.45) is 0. The predicted octanol–water partition coefficient (Wildman–Crippen LogP) is 5.72. The molecule has 2 aromatic rings. The highest BCUT2D eigenvalue weighted by Crippen LogP contribution is 2.31. The van der Waals surface area contributed by atoms with Crippen molar-refractivity contribution in [2.75, 3.05) is 5.32 Å². The lowest BCUT2D eigenvalue weighted by molar-refractivity contribution is 0.494. The molecular formula is C11H7Br2Cl2NO. The van der Waals surface area contributed by atoms with Crippen molar-refractivity contribution in [2.45, 2.75) is 6.54 Å². The van der Waals surface area contributed by atoms with Crippen molar-refractivity contribution in [1.82, 2.24) is 0 Å². The Morgan fingerprint density at radius 1 is 1.24 bits per heavy atom. The Morgan fingerprint density at radius 3 is 2.65 bits per heavy atom. The van der Waals surface area contributed by atoms with Crippen LogP contribution in [0.1, 0.15) is 5.76 Å². The summed E-state index contributed by atoms with van der Waals surface area (Å²) in [5.74, 6) is 0.791. The third-order valence-electron chi connectivity index (χ3n) is 2.10. The lowest BCUT2D eigenvalue weighted by atomic mass is 10.3. The van der Waals surface area contributed by atoms with Crippen molar-refractivity contribution in [2.24, 2.45) is 0 Å². The molecule has 0 bridgehead atoms. The van der Waals surface area contributed by atoms with Gasteiger partial charge in [-0.3, -0.25) is 0 Å². The molecule has 0 saturated carbocycles. The lowest BCUT2D eigenvalue weighted by Crippen LogP contribution is -1.98. The van der Waals surface area contributed by atoms with Gasteiger partial charge >= 0.3 is 0 Å². The molecule has 0 aliphatic rings. The summed E-state index contributed by atoms with van der Waals surface area (Å²) < 4.78 is 6.99. The van der Waals surface area contributed by atoms with Gasteiger partial charge in [0.15, 0.2) is 4.67 Å². The SMILES string of the molecule is Clc1cccc(NCc2cc(Br)c(Br)o2)c1Cl. The molecule has 0 aliphatic heterocycles. The summed E-state index contributed by atoms with van der Waals surface area (Å²) in [5, 5.41) is 4.20. The van der Waals surface area contributed by atoms with Crippen molar-refractivity contribution in [3.63, 3.8) is 0 Å². The molecule has 0 spiro atoms. The number of benzene rings is 1. The first-order valence-electron chi connectivity index (χ1n) is 4.69. The van der Waals surface area contributed by atoms with Crippen LogP contribution in [0.25, 0.3) is 0 Å². The normalized spacial score (nSPS) is 10.6. The number of nitrogens with one attached hydrogen (secondary N) is 1. The average Bonchev–Trinajstić information content (AvgIpc) is 2.61. The van der Waals surface area contributed by atoms with Gasteiger partial charge in [-0.05, 0) is 50.1 Å². The highest BCUT2D eigenvalue weighted by molar-refractivity contribution is 9.13. The average molecular weight is 400 g/mol. The Balaban J connectivity index is 2.10. The standard InChI is InChI=1S/C11H7Br2Cl2NO/c12-7-4-6(17-11(7)13)5-16-9-3-1-2-8(14)10(9)15/h1-4,16H,5H2. The largest absolute Gasteiger partial charge is 0.451 e. The molecule has 1 aromatic heterocycles. The van der Waals surface area contributed by atoms with E-state index in [2.05, 4.69) is 37.2 Å². The molecule has 2 nitrogen and oxygen atoms in total. The molecule has 90 valence electrons. The van der Waals surface area contributed by atoms with Gasteiger partial charge in [-0.15, -0.1) is 0 Å². The third-order valence-corrected chi connectivity index (χ3v) is 4.63. The molecule has 1 heterocycles. The minimum Gasteiger partial charge on any atom is -0.451 e. The van der Waals surface area contributed by atoms with Crippen molar-refractivity contribution in [1.29, 1.82) is 0 Å². The molecule has 0 radical (unpaired) electrons. The van der Waals surface area contributed by atoms with Gasteiger partial charge in [0.2, 0.25) is 0 Å². The first kappa shape index (κ1) is 13.3. The fourth-order valence-electron chi connectivity index (χ4n) is 1.30. The second kappa shape index (κ2) is 5.65. The Labute approximate surface area is 126 Å².